The first-order valence-corrected chi connectivity index (χ1v) is 5.52. The summed E-state index contributed by atoms with van der Waals surface area (Å²) in [6, 6.07) is 14.7. The highest BCUT2D eigenvalue weighted by Gasteiger charge is 2.06. The van der Waals surface area contributed by atoms with Crippen molar-refractivity contribution in [3.05, 3.63) is 58.6 Å². The van der Waals surface area contributed by atoms with Crippen LogP contribution in [0.25, 0.3) is 11.1 Å². The molecule has 0 aromatic heterocycles. The molecule has 2 aromatic rings. The highest BCUT2D eigenvalue weighted by Crippen LogP contribution is 2.26. The Morgan fingerprint density at radius 2 is 2.00 bits per heavy atom. The van der Waals surface area contributed by atoms with Gasteiger partial charge >= 0.3 is 0 Å². The molecule has 0 spiro atoms. The van der Waals surface area contributed by atoms with Crippen LogP contribution in [0.15, 0.2) is 42.5 Å². The largest absolute Gasteiger partial charge is 0.392 e. The van der Waals surface area contributed by atoms with Gasteiger partial charge in [0.25, 0.3) is 0 Å². The lowest BCUT2D eigenvalue weighted by molar-refractivity contribution is 0.282. The minimum absolute atomic E-state index is 0.0424. The second kappa shape index (κ2) is 5.01. The van der Waals surface area contributed by atoms with E-state index in [1.807, 2.05) is 18.2 Å². The van der Waals surface area contributed by atoms with Gasteiger partial charge in [0.15, 0.2) is 0 Å². The van der Waals surface area contributed by atoms with E-state index in [1.165, 1.54) is 0 Å². The Labute approximate surface area is 105 Å². The first kappa shape index (κ1) is 11.7. The molecule has 0 radical (unpaired) electrons. The van der Waals surface area contributed by atoms with E-state index in [1.54, 1.807) is 24.3 Å². The van der Waals surface area contributed by atoms with Gasteiger partial charge in [0.05, 0.1) is 18.2 Å². The number of aliphatic hydroxyl groups excluding tert-OH is 1. The summed E-state index contributed by atoms with van der Waals surface area (Å²) in [5.41, 5.74) is 3.02. The van der Waals surface area contributed by atoms with Crippen molar-refractivity contribution in [2.45, 2.75) is 6.61 Å². The molecular formula is C14H10ClNO. The molecule has 3 heteroatoms. The van der Waals surface area contributed by atoms with Gasteiger partial charge in [-0.05, 0) is 41.0 Å². The zero-order valence-corrected chi connectivity index (χ0v) is 9.78. The van der Waals surface area contributed by atoms with Crippen molar-refractivity contribution in [3.63, 3.8) is 0 Å². The Morgan fingerprint density at radius 3 is 2.65 bits per heavy atom. The first-order valence-electron chi connectivity index (χ1n) is 5.14. The number of nitriles is 1. The number of aliphatic hydroxyl groups is 1. The van der Waals surface area contributed by atoms with Gasteiger partial charge < -0.3 is 5.11 Å². The molecule has 0 bridgehead atoms. The third-order valence-corrected chi connectivity index (χ3v) is 2.76. The molecule has 0 aliphatic heterocycles. The summed E-state index contributed by atoms with van der Waals surface area (Å²) in [6.07, 6.45) is 0. The van der Waals surface area contributed by atoms with Gasteiger partial charge in [-0.3, -0.25) is 0 Å². The van der Waals surface area contributed by atoms with Crippen molar-refractivity contribution in [2.24, 2.45) is 0 Å². The normalized spacial score (nSPS) is 9.94. The van der Waals surface area contributed by atoms with E-state index >= 15 is 0 Å². The molecule has 17 heavy (non-hydrogen) atoms. The topological polar surface area (TPSA) is 44.0 Å². The fraction of sp³-hybridized carbons (Fsp3) is 0.0714. The number of halogens is 1. The maximum absolute atomic E-state index is 9.12. The van der Waals surface area contributed by atoms with E-state index in [4.69, 9.17) is 22.0 Å². The van der Waals surface area contributed by atoms with Crippen molar-refractivity contribution < 1.29 is 5.11 Å². The van der Waals surface area contributed by atoms with Crippen LogP contribution in [0.4, 0.5) is 0 Å². The van der Waals surface area contributed by atoms with Crippen LogP contribution in [0.2, 0.25) is 5.02 Å². The zero-order valence-electron chi connectivity index (χ0n) is 9.02. The van der Waals surface area contributed by atoms with Gasteiger partial charge in [-0.25, -0.2) is 0 Å². The van der Waals surface area contributed by atoms with Crippen molar-refractivity contribution >= 4 is 11.6 Å². The lowest BCUT2D eigenvalue weighted by Crippen LogP contribution is -1.89. The SMILES string of the molecule is N#Cc1ccc(CO)cc1-c1cccc(Cl)c1. The molecule has 0 aliphatic rings. The van der Waals surface area contributed by atoms with Crippen LogP contribution in [0, 0.1) is 11.3 Å². The molecule has 0 saturated carbocycles. The van der Waals surface area contributed by atoms with E-state index in [9.17, 15) is 0 Å². The van der Waals surface area contributed by atoms with Crippen LogP contribution in [0.3, 0.4) is 0 Å². The Balaban J connectivity index is 2.61. The molecule has 0 fully saturated rings. The van der Waals surface area contributed by atoms with Gasteiger partial charge in [-0.15, -0.1) is 0 Å². The fourth-order valence-corrected chi connectivity index (χ4v) is 1.87. The van der Waals surface area contributed by atoms with Crippen molar-refractivity contribution in [2.75, 3.05) is 0 Å². The predicted octanol–water partition coefficient (Wildman–Crippen LogP) is 3.37. The molecule has 0 heterocycles. The molecule has 0 aliphatic carbocycles. The number of rotatable bonds is 2. The molecule has 1 N–H and O–H groups in total. The second-order valence-electron chi connectivity index (χ2n) is 3.66. The Bertz CT molecular complexity index is 587. The highest BCUT2D eigenvalue weighted by atomic mass is 35.5. The highest BCUT2D eigenvalue weighted by molar-refractivity contribution is 6.30. The van der Waals surface area contributed by atoms with Crippen LogP contribution in [0.1, 0.15) is 11.1 Å². The molecule has 2 aromatic carbocycles. The fourth-order valence-electron chi connectivity index (χ4n) is 1.68. The summed E-state index contributed by atoms with van der Waals surface area (Å²) in [7, 11) is 0. The zero-order chi connectivity index (χ0) is 12.3. The van der Waals surface area contributed by atoms with E-state index < -0.39 is 0 Å². The first-order chi connectivity index (χ1) is 8.24. The second-order valence-corrected chi connectivity index (χ2v) is 4.10. The van der Waals surface area contributed by atoms with Crippen LogP contribution < -0.4 is 0 Å². The minimum Gasteiger partial charge on any atom is -0.392 e. The summed E-state index contributed by atoms with van der Waals surface area (Å²) < 4.78 is 0. The summed E-state index contributed by atoms with van der Waals surface area (Å²) in [5, 5.41) is 18.8. The standard InChI is InChI=1S/C14H10ClNO/c15-13-3-1-2-11(7-13)14-6-10(9-17)4-5-12(14)8-16/h1-7,17H,9H2. The third-order valence-electron chi connectivity index (χ3n) is 2.52. The summed E-state index contributed by atoms with van der Waals surface area (Å²) in [5.74, 6) is 0. The maximum atomic E-state index is 9.12. The monoisotopic (exact) mass is 243 g/mol. The Kier molecular flexibility index (Phi) is 3.43. The molecular weight excluding hydrogens is 234 g/mol. The van der Waals surface area contributed by atoms with E-state index in [0.29, 0.717) is 10.6 Å². The van der Waals surface area contributed by atoms with Crippen molar-refractivity contribution in [1.29, 1.82) is 5.26 Å². The molecule has 0 unspecified atom stereocenters. The quantitative estimate of drug-likeness (QED) is 0.879. The molecule has 0 amide bonds. The number of hydrogen-bond acceptors (Lipinski definition) is 2. The molecule has 2 nitrogen and oxygen atoms in total. The van der Waals surface area contributed by atoms with Crippen molar-refractivity contribution in [1.82, 2.24) is 0 Å². The number of hydrogen-bond donors (Lipinski definition) is 1. The molecule has 84 valence electrons. The van der Waals surface area contributed by atoms with Crippen LogP contribution in [0.5, 0.6) is 0 Å². The van der Waals surface area contributed by atoms with E-state index in [-0.39, 0.29) is 6.61 Å². The molecule has 2 rings (SSSR count). The molecule has 0 atom stereocenters. The van der Waals surface area contributed by atoms with Gasteiger partial charge in [0, 0.05) is 5.02 Å². The number of nitrogens with zero attached hydrogens (tertiary/aromatic N) is 1. The maximum Gasteiger partial charge on any atom is 0.0998 e. The minimum atomic E-state index is -0.0424. The van der Waals surface area contributed by atoms with Crippen molar-refractivity contribution in [3.8, 4) is 17.2 Å². The van der Waals surface area contributed by atoms with Gasteiger partial charge in [-0.1, -0.05) is 29.8 Å². The van der Waals surface area contributed by atoms with Crippen LogP contribution >= 0.6 is 11.6 Å². The summed E-state index contributed by atoms with van der Waals surface area (Å²) in [6.45, 7) is -0.0424. The summed E-state index contributed by atoms with van der Waals surface area (Å²) >= 11 is 5.93. The van der Waals surface area contributed by atoms with Gasteiger partial charge in [-0.2, -0.15) is 5.26 Å². The number of benzene rings is 2. The van der Waals surface area contributed by atoms with Crippen LogP contribution in [-0.4, -0.2) is 5.11 Å². The predicted molar refractivity (Wildman–Crippen MR) is 67.5 cm³/mol. The third kappa shape index (κ3) is 2.47. The average Bonchev–Trinajstić information content (AvgIpc) is 2.38. The lowest BCUT2D eigenvalue weighted by Gasteiger charge is -2.06. The van der Waals surface area contributed by atoms with Gasteiger partial charge in [0.1, 0.15) is 0 Å². The van der Waals surface area contributed by atoms with Gasteiger partial charge in [0.2, 0.25) is 0 Å². The Hall–Kier alpha value is -1.82. The Morgan fingerprint density at radius 1 is 1.18 bits per heavy atom. The van der Waals surface area contributed by atoms with E-state index in [0.717, 1.165) is 16.7 Å². The van der Waals surface area contributed by atoms with Crippen LogP contribution in [-0.2, 0) is 6.61 Å². The van der Waals surface area contributed by atoms with E-state index in [2.05, 4.69) is 6.07 Å². The smallest absolute Gasteiger partial charge is 0.0998 e. The average molecular weight is 244 g/mol. The lowest BCUT2D eigenvalue weighted by atomic mass is 9.98. The molecule has 0 saturated heterocycles. The summed E-state index contributed by atoms with van der Waals surface area (Å²) in [4.78, 5) is 0.